The van der Waals surface area contributed by atoms with E-state index in [4.69, 9.17) is 33.0 Å². The first kappa shape index (κ1) is 34.2. The van der Waals surface area contributed by atoms with Crippen molar-refractivity contribution in [3.05, 3.63) is 68.7 Å². The van der Waals surface area contributed by atoms with Gasteiger partial charge in [0.1, 0.15) is 0 Å². The van der Waals surface area contributed by atoms with Crippen LogP contribution in [0.3, 0.4) is 0 Å². The van der Waals surface area contributed by atoms with Crippen molar-refractivity contribution in [2.45, 2.75) is 92.9 Å². The summed E-state index contributed by atoms with van der Waals surface area (Å²) in [7, 11) is 0. The molecule has 0 unspecified atom stereocenters. The molecule has 2 fully saturated rings. The molecule has 44 heavy (non-hydrogen) atoms. The second-order valence-electron chi connectivity index (χ2n) is 14.6. The zero-order chi connectivity index (χ0) is 32.4. The molecule has 0 heterocycles. The Labute approximate surface area is 271 Å². The van der Waals surface area contributed by atoms with Crippen molar-refractivity contribution in [3.8, 4) is 0 Å². The van der Waals surface area contributed by atoms with Gasteiger partial charge in [0.05, 0.1) is 32.3 Å². The lowest BCUT2D eigenvalue weighted by atomic mass is 9.68. The summed E-state index contributed by atoms with van der Waals surface area (Å²) in [6.45, 7) is 13.3. The van der Waals surface area contributed by atoms with Crippen LogP contribution in [0.4, 0.5) is 0 Å². The van der Waals surface area contributed by atoms with Crippen LogP contribution in [-0.2, 0) is 9.78 Å². The topological polar surface area (TPSA) is 86.7 Å². The standard InChI is InChI=1S/C36H44Cl2O6/c1-35(2,3)23-17-13-21(14-18-23)31(39)29-25(9-7-11-27(29)37)33(41)43-44-34(42)26-10-8-12-28(38)30(26)32(40)22-15-19-24(20-16-22)36(4,5)6/h7-12,21-24H,13-20H2,1-6H3. The molecule has 0 N–H and O–H groups in total. The Morgan fingerprint density at radius 3 is 1.18 bits per heavy atom. The first-order valence-corrected chi connectivity index (χ1v) is 16.4. The lowest BCUT2D eigenvalue weighted by Crippen LogP contribution is -2.30. The van der Waals surface area contributed by atoms with Crippen molar-refractivity contribution in [2.24, 2.45) is 34.5 Å². The molecule has 2 aromatic rings. The van der Waals surface area contributed by atoms with Crippen LogP contribution in [0.2, 0.25) is 10.0 Å². The highest BCUT2D eigenvalue weighted by Crippen LogP contribution is 2.43. The Kier molecular flexibility index (Phi) is 10.7. The molecule has 0 saturated heterocycles. The van der Waals surface area contributed by atoms with Gasteiger partial charge in [0.15, 0.2) is 11.6 Å². The quantitative estimate of drug-likeness (QED) is 0.177. The molecule has 4 rings (SSSR count). The third-order valence-electron chi connectivity index (χ3n) is 9.80. The van der Waals surface area contributed by atoms with Crippen molar-refractivity contribution < 1.29 is 29.0 Å². The van der Waals surface area contributed by atoms with Gasteiger partial charge in [-0.25, -0.2) is 19.4 Å². The third-order valence-corrected chi connectivity index (χ3v) is 10.4. The van der Waals surface area contributed by atoms with E-state index in [2.05, 4.69) is 41.5 Å². The van der Waals surface area contributed by atoms with Gasteiger partial charge < -0.3 is 0 Å². The smallest absolute Gasteiger partial charge is 0.294 e. The Balaban J connectivity index is 1.46. The number of Topliss-reactive ketones (excluding diaryl/α,β-unsaturated/α-hetero) is 2. The Morgan fingerprint density at radius 1 is 0.568 bits per heavy atom. The predicted molar refractivity (Wildman–Crippen MR) is 172 cm³/mol. The fourth-order valence-electron chi connectivity index (χ4n) is 6.91. The molecule has 0 aromatic heterocycles. The second kappa shape index (κ2) is 13.7. The molecule has 8 heteroatoms. The van der Waals surface area contributed by atoms with Crippen LogP contribution in [0.5, 0.6) is 0 Å². The van der Waals surface area contributed by atoms with E-state index >= 15 is 0 Å². The molecule has 2 aliphatic rings. The van der Waals surface area contributed by atoms with Gasteiger partial charge >= 0.3 is 11.9 Å². The molecule has 2 aromatic carbocycles. The van der Waals surface area contributed by atoms with Crippen LogP contribution < -0.4 is 0 Å². The number of halogens is 2. The monoisotopic (exact) mass is 642 g/mol. The lowest BCUT2D eigenvalue weighted by molar-refractivity contribution is -0.187. The normalized spacial score (nSPS) is 22.6. The van der Waals surface area contributed by atoms with E-state index in [9.17, 15) is 19.2 Å². The Hall–Kier alpha value is -2.70. The van der Waals surface area contributed by atoms with E-state index in [1.54, 1.807) is 12.1 Å². The molecule has 0 radical (unpaired) electrons. The van der Waals surface area contributed by atoms with Crippen molar-refractivity contribution in [2.75, 3.05) is 0 Å². The summed E-state index contributed by atoms with van der Waals surface area (Å²) in [5.41, 5.74) is 0.308. The summed E-state index contributed by atoms with van der Waals surface area (Å²) in [6, 6.07) is 9.04. The Bertz CT molecular complexity index is 1290. The van der Waals surface area contributed by atoms with Gasteiger partial charge in [-0.1, -0.05) is 76.9 Å². The summed E-state index contributed by atoms with van der Waals surface area (Å²) in [5, 5.41) is 0.273. The van der Waals surface area contributed by atoms with Gasteiger partial charge in [-0.15, -0.1) is 0 Å². The summed E-state index contributed by atoms with van der Waals surface area (Å²) in [6.07, 6.45) is 6.50. The first-order valence-electron chi connectivity index (χ1n) is 15.7. The number of carbonyl (C=O) groups is 4. The maximum Gasteiger partial charge on any atom is 0.387 e. The molecule has 0 bridgehead atoms. The fraction of sp³-hybridized carbons (Fsp3) is 0.556. The average molecular weight is 644 g/mol. The van der Waals surface area contributed by atoms with Gasteiger partial charge in [0, 0.05) is 11.8 Å². The van der Waals surface area contributed by atoms with Gasteiger partial charge in [-0.3, -0.25) is 9.59 Å². The highest BCUT2D eigenvalue weighted by molar-refractivity contribution is 6.35. The predicted octanol–water partition coefficient (Wildman–Crippen LogP) is 9.99. The molecule has 238 valence electrons. The van der Waals surface area contributed by atoms with Crippen molar-refractivity contribution >= 4 is 46.7 Å². The second-order valence-corrected chi connectivity index (χ2v) is 15.4. The van der Waals surface area contributed by atoms with E-state index in [1.165, 1.54) is 24.3 Å². The minimum atomic E-state index is -1.03. The summed E-state index contributed by atoms with van der Waals surface area (Å²) < 4.78 is 0. The number of hydrogen-bond acceptors (Lipinski definition) is 6. The molecular weight excluding hydrogens is 599 g/mol. The van der Waals surface area contributed by atoms with E-state index < -0.39 is 11.9 Å². The van der Waals surface area contributed by atoms with Crippen molar-refractivity contribution in [1.82, 2.24) is 0 Å². The minimum Gasteiger partial charge on any atom is -0.294 e. The minimum absolute atomic E-state index is 0.0684. The highest BCUT2D eigenvalue weighted by atomic mass is 35.5. The molecule has 2 aliphatic carbocycles. The zero-order valence-electron chi connectivity index (χ0n) is 26.6. The number of rotatable bonds is 6. The summed E-state index contributed by atoms with van der Waals surface area (Å²) >= 11 is 12.9. The molecular formula is C36H44Cl2O6. The van der Waals surface area contributed by atoms with Crippen LogP contribution in [0.25, 0.3) is 0 Å². The van der Waals surface area contributed by atoms with E-state index in [-0.39, 0.29) is 66.5 Å². The maximum atomic E-state index is 13.6. The van der Waals surface area contributed by atoms with Gasteiger partial charge in [-0.2, -0.15) is 0 Å². The number of carbonyl (C=O) groups excluding carboxylic acids is 4. The largest absolute Gasteiger partial charge is 0.387 e. The molecule has 6 nitrogen and oxygen atoms in total. The van der Waals surface area contributed by atoms with Crippen LogP contribution in [0.15, 0.2) is 36.4 Å². The first-order chi connectivity index (χ1) is 20.6. The number of benzene rings is 2. The number of hydrogen-bond donors (Lipinski definition) is 0. The molecule has 0 spiro atoms. The third kappa shape index (κ3) is 7.74. The van der Waals surface area contributed by atoms with E-state index in [1.807, 2.05) is 0 Å². The van der Waals surface area contributed by atoms with Crippen LogP contribution in [-0.4, -0.2) is 23.5 Å². The van der Waals surface area contributed by atoms with Crippen LogP contribution in [0.1, 0.15) is 134 Å². The van der Waals surface area contributed by atoms with Gasteiger partial charge in [0.2, 0.25) is 0 Å². The molecule has 0 atom stereocenters. The summed E-state index contributed by atoms with van der Waals surface area (Å²) in [5.74, 6) is -1.98. The highest BCUT2D eigenvalue weighted by Gasteiger charge is 2.37. The van der Waals surface area contributed by atoms with Crippen LogP contribution in [0, 0.1) is 34.5 Å². The molecule has 0 aliphatic heterocycles. The summed E-state index contributed by atoms with van der Waals surface area (Å²) in [4.78, 5) is 63.4. The SMILES string of the molecule is CC(C)(C)C1CCC(C(=O)c2c(Cl)cccc2C(=O)OOC(=O)c2cccc(Cl)c2C(=O)C2CCC(C(C)(C)C)CC2)CC1. The van der Waals surface area contributed by atoms with Crippen LogP contribution >= 0.6 is 23.2 Å². The Morgan fingerprint density at radius 2 is 0.886 bits per heavy atom. The van der Waals surface area contributed by atoms with Gasteiger partial charge in [-0.05, 0) is 98.3 Å². The van der Waals surface area contributed by atoms with E-state index in [0.717, 1.165) is 25.7 Å². The van der Waals surface area contributed by atoms with E-state index in [0.29, 0.717) is 37.5 Å². The molecule has 0 amide bonds. The average Bonchev–Trinajstić information content (AvgIpc) is 2.98. The lowest BCUT2D eigenvalue weighted by Gasteiger charge is -2.36. The van der Waals surface area contributed by atoms with Crippen molar-refractivity contribution in [1.29, 1.82) is 0 Å². The fourth-order valence-corrected chi connectivity index (χ4v) is 7.44. The number of ketones is 2. The van der Waals surface area contributed by atoms with Crippen molar-refractivity contribution in [3.63, 3.8) is 0 Å². The molecule has 2 saturated carbocycles. The van der Waals surface area contributed by atoms with Gasteiger partial charge in [0.25, 0.3) is 0 Å². The zero-order valence-corrected chi connectivity index (χ0v) is 28.1. The maximum absolute atomic E-state index is 13.6.